The third-order valence-electron chi connectivity index (χ3n) is 3.33. The van der Waals surface area contributed by atoms with Crippen LogP contribution in [0, 0.1) is 5.92 Å². The van der Waals surface area contributed by atoms with Crippen molar-refractivity contribution in [3.8, 4) is 0 Å². The van der Waals surface area contributed by atoms with E-state index in [4.69, 9.17) is 9.31 Å². The van der Waals surface area contributed by atoms with Crippen molar-refractivity contribution in [1.82, 2.24) is 0 Å². The minimum atomic E-state index is -1.78. The number of quaternary nitrogens is 1. The summed E-state index contributed by atoms with van der Waals surface area (Å²) in [5, 5.41) is 0. The predicted octanol–water partition coefficient (Wildman–Crippen LogP) is 0.141. The van der Waals surface area contributed by atoms with Crippen LogP contribution in [-0.4, -0.2) is 43.2 Å². The van der Waals surface area contributed by atoms with Crippen LogP contribution in [-0.2, 0) is 18.9 Å². The Morgan fingerprint density at radius 2 is 1.73 bits per heavy atom. The Hall–Kier alpha value is -1.04. The van der Waals surface area contributed by atoms with Gasteiger partial charge in [0.25, 0.3) is 0 Å². The van der Waals surface area contributed by atoms with E-state index in [1.54, 1.807) is 0 Å². The molecule has 0 aromatic rings. The first-order chi connectivity index (χ1) is 6.87. The SMILES string of the molecule is CC(C)C[B-]12OC(=O)C[N+]1(C)CC(=O)O2. The summed E-state index contributed by atoms with van der Waals surface area (Å²) in [4.78, 5) is 22.7. The largest absolute Gasteiger partial charge is 0.600 e. The van der Waals surface area contributed by atoms with Gasteiger partial charge in [-0.05, 0) is 6.32 Å². The Morgan fingerprint density at radius 1 is 1.27 bits per heavy atom. The summed E-state index contributed by atoms with van der Waals surface area (Å²) in [5.74, 6) is -0.185. The standard InChI is InChI=1S/C9H16BNO4/c1-7(2)4-10-11(3,5-8(12)14-10)6-9(13)15-10/h7H,4-6H2,1-3H3. The van der Waals surface area contributed by atoms with Crippen LogP contribution in [0.25, 0.3) is 0 Å². The second-order valence-corrected chi connectivity index (χ2v) is 5.23. The van der Waals surface area contributed by atoms with Gasteiger partial charge in [-0.3, -0.25) is 9.59 Å². The molecule has 0 aliphatic carbocycles. The Bertz CT molecular complexity index is 308. The number of rotatable bonds is 2. The van der Waals surface area contributed by atoms with Gasteiger partial charge in [-0.2, -0.15) is 0 Å². The van der Waals surface area contributed by atoms with Gasteiger partial charge in [0.2, 0.25) is 0 Å². The van der Waals surface area contributed by atoms with Crippen LogP contribution in [0.5, 0.6) is 0 Å². The van der Waals surface area contributed by atoms with Crippen LogP contribution >= 0.6 is 0 Å². The van der Waals surface area contributed by atoms with Crippen LogP contribution in [0.4, 0.5) is 0 Å². The second kappa shape index (κ2) is 2.98. The molecule has 6 heteroatoms. The maximum Gasteiger partial charge on any atom is 0.584 e. The molecule has 0 saturated carbocycles. The lowest BCUT2D eigenvalue weighted by molar-refractivity contribution is -0.793. The van der Waals surface area contributed by atoms with Crippen molar-refractivity contribution in [2.75, 3.05) is 20.1 Å². The molecule has 5 nitrogen and oxygen atoms in total. The van der Waals surface area contributed by atoms with Crippen molar-refractivity contribution in [1.29, 1.82) is 0 Å². The van der Waals surface area contributed by atoms with Crippen LogP contribution in [0.3, 0.4) is 0 Å². The van der Waals surface area contributed by atoms with Crippen LogP contribution in [0.15, 0.2) is 0 Å². The summed E-state index contributed by atoms with van der Waals surface area (Å²) in [6, 6.07) is 0. The highest BCUT2D eigenvalue weighted by Crippen LogP contribution is 2.38. The quantitative estimate of drug-likeness (QED) is 0.612. The average Bonchev–Trinajstić information content (AvgIpc) is 2.29. The number of fused-ring (bicyclic) bond motifs is 1. The molecule has 2 aliphatic rings. The number of carbonyl (C=O) groups is 2. The summed E-state index contributed by atoms with van der Waals surface area (Å²) in [5.41, 5.74) is 0. The third-order valence-corrected chi connectivity index (χ3v) is 3.33. The van der Waals surface area contributed by atoms with Gasteiger partial charge >= 0.3 is 18.6 Å². The highest BCUT2D eigenvalue weighted by Gasteiger charge is 2.64. The minimum absolute atomic E-state index is 0.248. The molecule has 0 amide bonds. The van der Waals surface area contributed by atoms with E-state index in [9.17, 15) is 9.59 Å². The van der Waals surface area contributed by atoms with Crippen molar-refractivity contribution in [3.63, 3.8) is 0 Å². The first-order valence-electron chi connectivity index (χ1n) is 5.30. The first kappa shape index (κ1) is 10.5. The molecule has 2 heterocycles. The van der Waals surface area contributed by atoms with Crippen molar-refractivity contribution in [2.24, 2.45) is 5.92 Å². The third kappa shape index (κ3) is 1.43. The van der Waals surface area contributed by atoms with Gasteiger partial charge in [-0.25, -0.2) is 0 Å². The van der Waals surface area contributed by atoms with E-state index in [0.717, 1.165) is 0 Å². The zero-order valence-electron chi connectivity index (χ0n) is 9.36. The molecule has 84 valence electrons. The van der Waals surface area contributed by atoms with E-state index in [1.807, 2.05) is 20.9 Å². The van der Waals surface area contributed by atoms with Gasteiger partial charge in [0, 0.05) is 7.05 Å². The molecule has 0 atom stereocenters. The molecule has 0 N–H and O–H groups in total. The molecule has 0 unspecified atom stereocenters. The zero-order chi connectivity index (χ0) is 11.3. The van der Waals surface area contributed by atoms with Gasteiger partial charge in [0.15, 0.2) is 0 Å². The monoisotopic (exact) mass is 213 g/mol. The Morgan fingerprint density at radius 3 is 2.13 bits per heavy atom. The number of hydrogen-bond acceptors (Lipinski definition) is 4. The highest BCUT2D eigenvalue weighted by atomic mass is 16.7. The Labute approximate surface area is 88.9 Å². The predicted molar refractivity (Wildman–Crippen MR) is 53.5 cm³/mol. The lowest BCUT2D eigenvalue weighted by atomic mass is 9.61. The van der Waals surface area contributed by atoms with E-state index in [0.29, 0.717) is 16.6 Å². The number of hydrogen-bond donors (Lipinski definition) is 0. The van der Waals surface area contributed by atoms with Gasteiger partial charge in [-0.15, -0.1) is 0 Å². The Kier molecular flexibility index (Phi) is 2.08. The van der Waals surface area contributed by atoms with E-state index in [-0.39, 0.29) is 25.0 Å². The maximum absolute atomic E-state index is 11.3. The second-order valence-electron chi connectivity index (χ2n) is 5.23. The molecule has 0 aromatic carbocycles. The first-order valence-corrected chi connectivity index (χ1v) is 5.30. The summed E-state index contributed by atoms with van der Waals surface area (Å²) in [6.07, 6.45) is 0.619. The fraction of sp³-hybridized carbons (Fsp3) is 0.778. The van der Waals surface area contributed by atoms with Crippen LogP contribution < -0.4 is 0 Å². The molecular weight excluding hydrogens is 197 g/mol. The van der Waals surface area contributed by atoms with Crippen molar-refractivity contribution < 1.29 is 23.3 Å². The molecule has 0 spiro atoms. The fourth-order valence-electron chi connectivity index (χ4n) is 2.63. The molecule has 2 aliphatic heterocycles. The molecule has 0 aromatic heterocycles. The topological polar surface area (TPSA) is 52.6 Å². The van der Waals surface area contributed by atoms with E-state index >= 15 is 0 Å². The van der Waals surface area contributed by atoms with Gasteiger partial charge in [0.05, 0.1) is 0 Å². The van der Waals surface area contributed by atoms with Gasteiger partial charge < -0.3 is 13.7 Å². The number of likely N-dealkylation sites (N-methyl/N-ethyl adjacent to an activating group) is 1. The lowest BCUT2D eigenvalue weighted by Crippen LogP contribution is -2.60. The van der Waals surface area contributed by atoms with Gasteiger partial charge in [-0.1, -0.05) is 19.8 Å². The minimum Gasteiger partial charge on any atom is -0.600 e. The van der Waals surface area contributed by atoms with Crippen molar-refractivity contribution in [2.45, 2.75) is 20.2 Å². The zero-order valence-corrected chi connectivity index (χ0v) is 9.36. The molecule has 0 radical (unpaired) electrons. The summed E-state index contributed by atoms with van der Waals surface area (Å²) >= 11 is 0. The maximum atomic E-state index is 11.3. The van der Waals surface area contributed by atoms with Crippen LogP contribution in [0.2, 0.25) is 6.32 Å². The molecular formula is C9H16BNO4. The summed E-state index contributed by atoms with van der Waals surface area (Å²) in [7, 11) is 1.86. The average molecular weight is 213 g/mol. The molecule has 0 bridgehead atoms. The Balaban J connectivity index is 2.33. The van der Waals surface area contributed by atoms with E-state index in [2.05, 4.69) is 0 Å². The van der Waals surface area contributed by atoms with Crippen molar-refractivity contribution >= 4 is 18.6 Å². The van der Waals surface area contributed by atoms with E-state index < -0.39 is 6.69 Å². The molecule has 2 saturated heterocycles. The molecule has 2 rings (SSSR count). The summed E-state index contributed by atoms with van der Waals surface area (Å²) < 4.78 is 10.9. The van der Waals surface area contributed by atoms with Crippen molar-refractivity contribution in [3.05, 3.63) is 0 Å². The smallest absolute Gasteiger partial charge is 0.584 e. The lowest BCUT2D eigenvalue weighted by Gasteiger charge is -2.40. The van der Waals surface area contributed by atoms with Crippen LogP contribution in [0.1, 0.15) is 13.8 Å². The van der Waals surface area contributed by atoms with Gasteiger partial charge in [0.1, 0.15) is 13.1 Å². The number of nitrogens with zero attached hydrogens (tertiary/aromatic N) is 1. The number of carbonyl (C=O) groups excluding carboxylic acids is 2. The highest BCUT2D eigenvalue weighted by molar-refractivity contribution is 6.66. The molecule has 2 fully saturated rings. The normalized spacial score (nSPS) is 39.2. The molecule has 15 heavy (non-hydrogen) atoms. The fourth-order valence-corrected chi connectivity index (χ4v) is 2.63. The summed E-state index contributed by atoms with van der Waals surface area (Å²) in [6.45, 7) is 2.77. The van der Waals surface area contributed by atoms with E-state index in [1.165, 1.54) is 0 Å².